The van der Waals surface area contributed by atoms with Gasteiger partial charge in [-0.25, -0.2) is 4.79 Å². The average molecular weight is 481 g/mol. The molecule has 9 heteroatoms. The third-order valence-electron chi connectivity index (χ3n) is 4.68. The van der Waals surface area contributed by atoms with Gasteiger partial charge in [-0.2, -0.15) is 0 Å². The van der Waals surface area contributed by atoms with E-state index in [1.807, 2.05) is 35.7 Å². The lowest BCUT2D eigenvalue weighted by Gasteiger charge is -2.19. The molecular weight excluding hydrogens is 460 g/mol. The smallest absolute Gasteiger partial charge is 0.341 e. The molecule has 168 valence electrons. The Labute approximate surface area is 198 Å². The van der Waals surface area contributed by atoms with Crippen LogP contribution in [0.2, 0.25) is 0 Å². The Morgan fingerprint density at radius 2 is 1.85 bits per heavy atom. The predicted octanol–water partition coefficient (Wildman–Crippen LogP) is 5.30. The molecule has 0 bridgehead atoms. The molecule has 1 aromatic carbocycles. The van der Waals surface area contributed by atoms with Crippen molar-refractivity contribution in [2.45, 2.75) is 13.1 Å². The average Bonchev–Trinajstić information content (AvgIpc) is 3.61. The molecule has 0 aliphatic carbocycles. The number of carbonyl (C=O) groups is 3. The van der Waals surface area contributed by atoms with E-state index >= 15 is 0 Å². The number of amides is 1. The summed E-state index contributed by atoms with van der Waals surface area (Å²) in [4.78, 5) is 39.2. The lowest BCUT2D eigenvalue weighted by Crippen LogP contribution is -2.46. The number of anilines is 1. The second kappa shape index (κ2) is 10.3. The van der Waals surface area contributed by atoms with Gasteiger partial charge in [-0.3, -0.25) is 9.59 Å². The zero-order chi connectivity index (χ0) is 23.2. The number of rotatable bonds is 9. The Morgan fingerprint density at radius 1 is 1.03 bits per heavy atom. The van der Waals surface area contributed by atoms with Crippen molar-refractivity contribution < 1.29 is 23.5 Å². The summed E-state index contributed by atoms with van der Waals surface area (Å²) in [5.74, 6) is -1.34. The van der Waals surface area contributed by atoms with Crippen LogP contribution < -0.4 is 10.6 Å². The van der Waals surface area contributed by atoms with Crippen molar-refractivity contribution in [3.05, 3.63) is 87.8 Å². The number of ketones is 1. The van der Waals surface area contributed by atoms with Gasteiger partial charge >= 0.3 is 5.97 Å². The van der Waals surface area contributed by atoms with Gasteiger partial charge in [-0.15, -0.1) is 22.7 Å². The van der Waals surface area contributed by atoms with E-state index in [0.29, 0.717) is 21.0 Å². The highest BCUT2D eigenvalue weighted by Crippen LogP contribution is 2.36. The fourth-order valence-electron chi connectivity index (χ4n) is 3.17. The van der Waals surface area contributed by atoms with Crippen LogP contribution in [0.5, 0.6) is 0 Å². The quantitative estimate of drug-likeness (QED) is 0.192. The monoisotopic (exact) mass is 480 g/mol. The first-order chi connectivity index (χ1) is 16.1. The van der Waals surface area contributed by atoms with E-state index in [1.165, 1.54) is 35.0 Å². The number of ether oxygens (including phenoxy) is 1. The van der Waals surface area contributed by atoms with Crippen LogP contribution in [-0.2, 0) is 4.74 Å². The molecule has 3 aromatic heterocycles. The molecular formula is C24H20N2O5S2. The Kier molecular flexibility index (Phi) is 7.01. The van der Waals surface area contributed by atoms with Gasteiger partial charge in [0.1, 0.15) is 10.6 Å². The number of carbonyl (C=O) groups excluding carboxylic acids is 3. The highest BCUT2D eigenvalue weighted by molar-refractivity contribution is 7.15. The summed E-state index contributed by atoms with van der Waals surface area (Å²) in [6.07, 6.45) is 0.250. The Hall–Kier alpha value is -3.69. The van der Waals surface area contributed by atoms with Gasteiger partial charge in [0, 0.05) is 10.9 Å². The minimum Gasteiger partial charge on any atom is -0.462 e. The first kappa shape index (κ1) is 22.5. The Morgan fingerprint density at radius 3 is 2.52 bits per heavy atom. The molecule has 1 atom stereocenters. The van der Waals surface area contributed by atoms with Crippen LogP contribution in [0.1, 0.15) is 37.5 Å². The van der Waals surface area contributed by atoms with Crippen molar-refractivity contribution in [2.24, 2.45) is 0 Å². The van der Waals surface area contributed by atoms with Gasteiger partial charge in [0.15, 0.2) is 11.9 Å². The van der Waals surface area contributed by atoms with Gasteiger partial charge in [0.05, 0.1) is 17.7 Å². The molecule has 4 rings (SSSR count). The molecule has 2 N–H and O–H groups in total. The van der Waals surface area contributed by atoms with Gasteiger partial charge in [-0.1, -0.05) is 36.4 Å². The number of hydrogen-bond donors (Lipinski definition) is 2. The number of nitrogens with one attached hydrogen (secondary N) is 2. The van der Waals surface area contributed by atoms with Crippen LogP contribution in [-0.4, -0.2) is 30.4 Å². The number of hydrogen-bond acceptors (Lipinski definition) is 8. The third-order valence-corrected chi connectivity index (χ3v) is 6.47. The largest absolute Gasteiger partial charge is 0.462 e. The second-order valence-corrected chi connectivity index (χ2v) is 8.64. The summed E-state index contributed by atoms with van der Waals surface area (Å²) in [5.41, 5.74) is 1.83. The second-order valence-electron chi connectivity index (χ2n) is 6.81. The summed E-state index contributed by atoms with van der Waals surface area (Å²) in [5, 5.41) is 9.75. The molecule has 0 aliphatic heterocycles. The van der Waals surface area contributed by atoms with Gasteiger partial charge < -0.3 is 19.8 Å². The van der Waals surface area contributed by atoms with Crippen molar-refractivity contribution in [3.63, 3.8) is 0 Å². The zero-order valence-corrected chi connectivity index (χ0v) is 19.2. The number of thiophene rings is 2. The van der Waals surface area contributed by atoms with Gasteiger partial charge in [-0.05, 0) is 36.1 Å². The van der Waals surface area contributed by atoms with Crippen molar-refractivity contribution in [3.8, 4) is 11.1 Å². The normalized spacial score (nSPS) is 11.5. The molecule has 33 heavy (non-hydrogen) atoms. The number of furan rings is 1. The highest BCUT2D eigenvalue weighted by atomic mass is 32.1. The van der Waals surface area contributed by atoms with Crippen molar-refractivity contribution >= 4 is 45.3 Å². The first-order valence-corrected chi connectivity index (χ1v) is 11.9. The lowest BCUT2D eigenvalue weighted by molar-refractivity contribution is 0.0528. The van der Waals surface area contributed by atoms with Crippen LogP contribution in [0, 0.1) is 0 Å². The topological polar surface area (TPSA) is 97.6 Å². The van der Waals surface area contributed by atoms with E-state index in [-0.39, 0.29) is 18.2 Å². The molecule has 0 aliphatic rings. The van der Waals surface area contributed by atoms with Crippen LogP contribution in [0.15, 0.2) is 76.0 Å². The van der Waals surface area contributed by atoms with Crippen LogP contribution in [0.4, 0.5) is 5.00 Å². The molecule has 0 fully saturated rings. The number of Topliss-reactive ketones (excluding diaryl/α,β-unsaturated/α-hetero) is 1. The maximum absolute atomic E-state index is 13.2. The van der Waals surface area contributed by atoms with Crippen molar-refractivity contribution in [2.75, 3.05) is 11.9 Å². The maximum atomic E-state index is 13.2. The molecule has 1 amide bonds. The standard InChI is InChI=1S/C24H20N2O5S2/c1-2-30-24(29)19-16(15-8-4-3-5-9-15)14-33-23(19)26-21(20(27)18-11-7-13-32-18)25-22(28)17-10-6-12-31-17/h3-14,21,26H,2H2,1H3,(H,25,28). The molecule has 7 nitrogen and oxygen atoms in total. The molecule has 0 radical (unpaired) electrons. The maximum Gasteiger partial charge on any atom is 0.341 e. The summed E-state index contributed by atoms with van der Waals surface area (Å²) < 4.78 is 10.4. The van der Waals surface area contributed by atoms with Crippen LogP contribution >= 0.6 is 22.7 Å². The summed E-state index contributed by atoms with van der Waals surface area (Å²) in [6, 6.07) is 15.9. The molecule has 0 saturated heterocycles. The van der Waals surface area contributed by atoms with Gasteiger partial charge in [0.25, 0.3) is 5.91 Å². The fourth-order valence-corrected chi connectivity index (χ4v) is 4.85. The Bertz CT molecular complexity index is 1230. The molecule has 1 unspecified atom stereocenters. The van der Waals surface area contributed by atoms with E-state index < -0.39 is 18.0 Å². The minimum absolute atomic E-state index is 0.0718. The third kappa shape index (κ3) is 5.05. The van der Waals surface area contributed by atoms with Crippen molar-refractivity contribution in [1.82, 2.24) is 5.32 Å². The lowest BCUT2D eigenvalue weighted by atomic mass is 10.0. The van der Waals surface area contributed by atoms with Gasteiger partial charge in [0.2, 0.25) is 5.78 Å². The Balaban J connectivity index is 1.70. The van der Waals surface area contributed by atoms with E-state index in [9.17, 15) is 14.4 Å². The highest BCUT2D eigenvalue weighted by Gasteiger charge is 2.28. The summed E-state index contributed by atoms with van der Waals surface area (Å²) in [6.45, 7) is 1.93. The molecule has 3 heterocycles. The number of benzene rings is 1. The van der Waals surface area contributed by atoms with Crippen molar-refractivity contribution in [1.29, 1.82) is 0 Å². The first-order valence-electron chi connectivity index (χ1n) is 10.1. The van der Waals surface area contributed by atoms with E-state index in [0.717, 1.165) is 5.56 Å². The predicted molar refractivity (Wildman–Crippen MR) is 128 cm³/mol. The fraction of sp³-hybridized carbons (Fsp3) is 0.125. The molecule has 0 spiro atoms. The molecule has 4 aromatic rings. The number of esters is 1. The van der Waals surface area contributed by atoms with Crippen LogP contribution in [0.25, 0.3) is 11.1 Å². The van der Waals surface area contributed by atoms with Crippen LogP contribution in [0.3, 0.4) is 0 Å². The minimum atomic E-state index is -1.13. The zero-order valence-electron chi connectivity index (χ0n) is 17.6. The van der Waals surface area contributed by atoms with E-state index in [2.05, 4.69) is 10.6 Å². The van der Waals surface area contributed by atoms with E-state index in [1.54, 1.807) is 30.5 Å². The molecule has 0 saturated carbocycles. The van der Waals surface area contributed by atoms with E-state index in [4.69, 9.17) is 9.15 Å². The summed E-state index contributed by atoms with van der Waals surface area (Å²) >= 11 is 2.52. The summed E-state index contributed by atoms with van der Waals surface area (Å²) in [7, 11) is 0. The SMILES string of the molecule is CCOC(=O)c1c(-c2ccccc2)csc1NC(NC(=O)c1ccco1)C(=O)c1cccs1.